The van der Waals surface area contributed by atoms with Gasteiger partial charge < -0.3 is 14.8 Å². The molecular weight excluding hydrogens is 402 g/mol. The Kier molecular flexibility index (Phi) is 6.77. The molecule has 0 heterocycles. The van der Waals surface area contributed by atoms with Crippen molar-refractivity contribution in [3.63, 3.8) is 0 Å². The van der Waals surface area contributed by atoms with Crippen LogP contribution in [-0.2, 0) is 10.0 Å². The Morgan fingerprint density at radius 1 is 1.17 bits per heavy atom. The van der Waals surface area contributed by atoms with Crippen LogP contribution in [0.5, 0.6) is 11.5 Å². The summed E-state index contributed by atoms with van der Waals surface area (Å²) in [7, 11) is 0.540. The normalized spacial score (nSPS) is 11.2. The number of nitro groups is 1. The Bertz CT molecular complexity index is 1020. The molecule has 0 aromatic heterocycles. The summed E-state index contributed by atoms with van der Waals surface area (Å²) in [5.74, 6) is -0.421. The highest BCUT2D eigenvalue weighted by molar-refractivity contribution is 7.89. The SMILES string of the molecule is CCOc1cc(C(=O)Nc2ccc(S(=O)(=O)N(C)C)cc2)c([N+](=O)[O-])cc1OC. The molecule has 0 spiro atoms. The van der Waals surface area contributed by atoms with Gasteiger partial charge in [0.2, 0.25) is 10.0 Å². The third-order valence-corrected chi connectivity index (χ3v) is 5.74. The number of hydrogen-bond donors (Lipinski definition) is 1. The number of anilines is 1. The summed E-state index contributed by atoms with van der Waals surface area (Å²) in [4.78, 5) is 23.4. The van der Waals surface area contributed by atoms with E-state index in [4.69, 9.17) is 9.47 Å². The van der Waals surface area contributed by atoms with E-state index in [1.54, 1.807) is 6.92 Å². The monoisotopic (exact) mass is 423 g/mol. The van der Waals surface area contributed by atoms with Gasteiger partial charge in [-0.25, -0.2) is 12.7 Å². The van der Waals surface area contributed by atoms with Gasteiger partial charge >= 0.3 is 0 Å². The first-order chi connectivity index (χ1) is 13.6. The molecule has 0 saturated heterocycles. The summed E-state index contributed by atoms with van der Waals surface area (Å²) in [6.07, 6.45) is 0. The maximum atomic E-state index is 12.6. The number of carbonyl (C=O) groups is 1. The molecule has 0 aliphatic rings. The molecule has 0 saturated carbocycles. The van der Waals surface area contributed by atoms with Crippen LogP contribution in [0, 0.1) is 10.1 Å². The number of ether oxygens (including phenoxy) is 2. The average Bonchev–Trinajstić information content (AvgIpc) is 2.68. The minimum absolute atomic E-state index is 0.0505. The number of benzene rings is 2. The van der Waals surface area contributed by atoms with Crippen molar-refractivity contribution in [2.45, 2.75) is 11.8 Å². The summed E-state index contributed by atoms with van der Waals surface area (Å²) in [6.45, 7) is 2.00. The van der Waals surface area contributed by atoms with Gasteiger partial charge in [0.1, 0.15) is 5.56 Å². The largest absolute Gasteiger partial charge is 0.493 e. The van der Waals surface area contributed by atoms with Gasteiger partial charge in [-0.1, -0.05) is 0 Å². The van der Waals surface area contributed by atoms with E-state index < -0.39 is 26.5 Å². The van der Waals surface area contributed by atoms with Gasteiger partial charge in [0, 0.05) is 25.8 Å². The number of methoxy groups -OCH3 is 1. The lowest BCUT2D eigenvalue weighted by Gasteiger charge is -2.13. The minimum atomic E-state index is -3.61. The average molecular weight is 423 g/mol. The number of rotatable bonds is 8. The van der Waals surface area contributed by atoms with Crippen molar-refractivity contribution in [3.05, 3.63) is 52.1 Å². The lowest BCUT2D eigenvalue weighted by Crippen LogP contribution is -2.22. The molecule has 156 valence electrons. The third-order valence-electron chi connectivity index (χ3n) is 3.91. The van der Waals surface area contributed by atoms with Crippen molar-refractivity contribution in [2.24, 2.45) is 0 Å². The highest BCUT2D eigenvalue weighted by Gasteiger charge is 2.25. The van der Waals surface area contributed by atoms with Crippen LogP contribution in [0.2, 0.25) is 0 Å². The van der Waals surface area contributed by atoms with Crippen LogP contribution in [0.1, 0.15) is 17.3 Å². The van der Waals surface area contributed by atoms with E-state index in [0.29, 0.717) is 0 Å². The van der Waals surface area contributed by atoms with Gasteiger partial charge in [-0.2, -0.15) is 0 Å². The molecule has 0 aliphatic heterocycles. The van der Waals surface area contributed by atoms with Gasteiger partial charge in [-0.05, 0) is 31.2 Å². The standard InChI is InChI=1S/C18H21N3O7S/c1-5-28-17-10-14(15(21(23)24)11-16(17)27-4)18(22)19-12-6-8-13(9-7-12)29(25,26)20(2)3/h6-11H,5H2,1-4H3,(H,19,22). The Balaban J connectivity index is 2.37. The van der Waals surface area contributed by atoms with Crippen molar-refractivity contribution in [1.82, 2.24) is 4.31 Å². The highest BCUT2D eigenvalue weighted by atomic mass is 32.2. The Morgan fingerprint density at radius 3 is 2.28 bits per heavy atom. The van der Waals surface area contributed by atoms with Crippen LogP contribution in [0.3, 0.4) is 0 Å². The number of nitro benzene ring substituents is 1. The summed E-state index contributed by atoms with van der Waals surface area (Å²) in [5, 5.41) is 13.9. The summed E-state index contributed by atoms with van der Waals surface area (Å²) in [5.41, 5.74) is -0.394. The number of carbonyl (C=O) groups excluding carboxylic acids is 1. The van der Waals surface area contributed by atoms with Gasteiger partial charge in [-0.3, -0.25) is 14.9 Å². The van der Waals surface area contributed by atoms with Crippen LogP contribution >= 0.6 is 0 Å². The molecular formula is C18H21N3O7S. The molecule has 0 fully saturated rings. The summed E-state index contributed by atoms with van der Waals surface area (Å²) >= 11 is 0. The van der Waals surface area contributed by atoms with E-state index in [1.807, 2.05) is 0 Å². The van der Waals surface area contributed by atoms with Crippen LogP contribution in [0.15, 0.2) is 41.3 Å². The molecule has 2 rings (SSSR count). The molecule has 1 N–H and O–H groups in total. The van der Waals surface area contributed by atoms with E-state index >= 15 is 0 Å². The van der Waals surface area contributed by atoms with E-state index in [9.17, 15) is 23.3 Å². The zero-order valence-electron chi connectivity index (χ0n) is 16.3. The van der Waals surface area contributed by atoms with E-state index in [-0.39, 0.29) is 34.3 Å². The topological polar surface area (TPSA) is 128 Å². The predicted molar refractivity (Wildman–Crippen MR) is 106 cm³/mol. The predicted octanol–water partition coefficient (Wildman–Crippen LogP) is 2.50. The quantitative estimate of drug-likeness (QED) is 0.510. The van der Waals surface area contributed by atoms with Gasteiger partial charge in [0.15, 0.2) is 11.5 Å². The lowest BCUT2D eigenvalue weighted by atomic mass is 10.1. The second-order valence-electron chi connectivity index (χ2n) is 5.98. The van der Waals surface area contributed by atoms with E-state index in [2.05, 4.69) is 5.32 Å². The van der Waals surface area contributed by atoms with Crippen molar-refractivity contribution in [2.75, 3.05) is 33.1 Å². The fourth-order valence-corrected chi connectivity index (χ4v) is 3.33. The molecule has 0 aliphatic carbocycles. The number of hydrogen-bond acceptors (Lipinski definition) is 7. The lowest BCUT2D eigenvalue weighted by molar-refractivity contribution is -0.385. The molecule has 0 radical (unpaired) electrons. The number of sulfonamides is 1. The molecule has 1 amide bonds. The fourth-order valence-electron chi connectivity index (χ4n) is 2.43. The van der Waals surface area contributed by atoms with Gasteiger partial charge in [-0.15, -0.1) is 0 Å². The number of nitrogens with one attached hydrogen (secondary N) is 1. The number of nitrogens with zero attached hydrogens (tertiary/aromatic N) is 2. The van der Waals surface area contributed by atoms with Crippen molar-refractivity contribution < 1.29 is 27.6 Å². The number of amides is 1. The van der Waals surface area contributed by atoms with Gasteiger partial charge in [0.25, 0.3) is 11.6 Å². The third kappa shape index (κ3) is 4.81. The Morgan fingerprint density at radius 2 is 1.79 bits per heavy atom. The van der Waals surface area contributed by atoms with Crippen molar-refractivity contribution >= 4 is 27.3 Å². The van der Waals surface area contributed by atoms with Gasteiger partial charge in [0.05, 0.1) is 29.6 Å². The molecule has 0 unspecified atom stereocenters. The second-order valence-corrected chi connectivity index (χ2v) is 8.13. The maximum absolute atomic E-state index is 12.6. The smallest absolute Gasteiger partial charge is 0.286 e. The first-order valence-electron chi connectivity index (χ1n) is 8.45. The van der Waals surface area contributed by atoms with Crippen molar-refractivity contribution in [3.8, 4) is 11.5 Å². The molecule has 11 heteroatoms. The summed E-state index contributed by atoms with van der Waals surface area (Å²) in [6, 6.07) is 7.81. The minimum Gasteiger partial charge on any atom is -0.493 e. The molecule has 29 heavy (non-hydrogen) atoms. The van der Waals surface area contributed by atoms with Crippen LogP contribution < -0.4 is 14.8 Å². The van der Waals surface area contributed by atoms with Crippen LogP contribution in [0.4, 0.5) is 11.4 Å². The van der Waals surface area contributed by atoms with E-state index in [0.717, 1.165) is 10.4 Å². The highest BCUT2D eigenvalue weighted by Crippen LogP contribution is 2.35. The molecule has 2 aromatic carbocycles. The summed E-state index contributed by atoms with van der Waals surface area (Å²) < 4.78 is 35.7. The molecule has 10 nitrogen and oxygen atoms in total. The van der Waals surface area contributed by atoms with Crippen molar-refractivity contribution in [1.29, 1.82) is 0 Å². The maximum Gasteiger partial charge on any atom is 0.286 e. The zero-order valence-corrected chi connectivity index (χ0v) is 17.1. The van der Waals surface area contributed by atoms with Crippen LogP contribution in [0.25, 0.3) is 0 Å². The first-order valence-corrected chi connectivity index (χ1v) is 9.89. The second kappa shape index (κ2) is 8.88. The fraction of sp³-hybridized carbons (Fsp3) is 0.278. The Hall–Kier alpha value is -3.18. The molecule has 0 atom stereocenters. The van der Waals surface area contributed by atoms with E-state index in [1.165, 1.54) is 51.5 Å². The Labute approximate surface area is 168 Å². The zero-order chi connectivity index (χ0) is 21.8. The molecule has 2 aromatic rings. The first kappa shape index (κ1) is 22.1. The molecule has 0 bridgehead atoms. The van der Waals surface area contributed by atoms with Crippen LogP contribution in [-0.4, -0.2) is 51.4 Å².